The summed E-state index contributed by atoms with van der Waals surface area (Å²) in [6.45, 7) is 0. The molecule has 2 N–H and O–H groups in total. The van der Waals surface area contributed by atoms with Gasteiger partial charge < -0.3 is 5.32 Å². The molecule has 0 aliphatic carbocycles. The van der Waals surface area contributed by atoms with Crippen molar-refractivity contribution in [1.29, 1.82) is 0 Å². The molecule has 25 heavy (non-hydrogen) atoms. The second kappa shape index (κ2) is 8.32. The van der Waals surface area contributed by atoms with Gasteiger partial charge in [-0.15, -0.1) is 22.7 Å². The summed E-state index contributed by atoms with van der Waals surface area (Å²) in [6.07, 6.45) is 4.93. The summed E-state index contributed by atoms with van der Waals surface area (Å²) < 4.78 is 0. The van der Waals surface area contributed by atoms with Gasteiger partial charge in [0.05, 0.1) is 12.1 Å². The molecule has 0 spiro atoms. The van der Waals surface area contributed by atoms with Gasteiger partial charge in [-0.25, -0.2) is 9.97 Å². The Labute approximate surface area is 152 Å². The van der Waals surface area contributed by atoms with E-state index in [0.717, 1.165) is 5.56 Å². The van der Waals surface area contributed by atoms with Crippen molar-refractivity contribution in [2.45, 2.75) is 6.42 Å². The fourth-order valence-electron chi connectivity index (χ4n) is 1.94. The summed E-state index contributed by atoms with van der Waals surface area (Å²) in [5.41, 5.74) is 1.54. The summed E-state index contributed by atoms with van der Waals surface area (Å²) in [5.74, 6) is -0.459. The van der Waals surface area contributed by atoms with Crippen molar-refractivity contribution in [3.63, 3.8) is 0 Å². The highest BCUT2D eigenvalue weighted by atomic mass is 32.1. The van der Waals surface area contributed by atoms with Gasteiger partial charge in [0, 0.05) is 23.0 Å². The molecule has 1 aromatic carbocycles. The van der Waals surface area contributed by atoms with Gasteiger partial charge in [-0.1, -0.05) is 30.3 Å². The first-order valence-corrected chi connectivity index (χ1v) is 9.13. The Hall–Kier alpha value is -2.84. The van der Waals surface area contributed by atoms with E-state index in [-0.39, 0.29) is 18.2 Å². The van der Waals surface area contributed by atoms with E-state index in [4.69, 9.17) is 0 Å². The monoisotopic (exact) mass is 370 g/mol. The number of hydrogen-bond donors (Lipinski definition) is 2. The van der Waals surface area contributed by atoms with Crippen molar-refractivity contribution < 1.29 is 9.59 Å². The molecule has 0 saturated heterocycles. The average Bonchev–Trinajstić information content (AvgIpc) is 3.26. The minimum Gasteiger partial charge on any atom is -0.302 e. The number of nitrogens with zero attached hydrogens (tertiary/aromatic N) is 2. The van der Waals surface area contributed by atoms with Crippen molar-refractivity contribution >= 4 is 50.8 Å². The minimum atomic E-state index is -0.267. The SMILES string of the molecule is O=C(/C=C/c1ccccc1)Nc1nc(CC(=O)Nc2nccs2)cs1. The number of amides is 2. The second-order valence-electron chi connectivity index (χ2n) is 4.94. The molecular formula is C17H14N4O2S2. The second-order valence-corrected chi connectivity index (χ2v) is 6.69. The molecular weight excluding hydrogens is 356 g/mol. The number of thiazole rings is 2. The molecule has 0 bridgehead atoms. The van der Waals surface area contributed by atoms with Gasteiger partial charge in [-0.3, -0.25) is 14.9 Å². The van der Waals surface area contributed by atoms with Crippen LogP contribution in [0, 0.1) is 0 Å². The zero-order valence-electron chi connectivity index (χ0n) is 13.0. The van der Waals surface area contributed by atoms with Gasteiger partial charge in [0.25, 0.3) is 0 Å². The molecule has 0 saturated carbocycles. The molecule has 0 fully saturated rings. The highest BCUT2D eigenvalue weighted by molar-refractivity contribution is 7.14. The van der Waals surface area contributed by atoms with E-state index in [2.05, 4.69) is 20.6 Å². The maximum absolute atomic E-state index is 11.9. The van der Waals surface area contributed by atoms with Gasteiger partial charge in [0.2, 0.25) is 11.8 Å². The maximum Gasteiger partial charge on any atom is 0.250 e. The van der Waals surface area contributed by atoms with E-state index in [1.54, 1.807) is 23.0 Å². The van der Waals surface area contributed by atoms with Crippen LogP contribution in [0.25, 0.3) is 6.08 Å². The lowest BCUT2D eigenvalue weighted by atomic mass is 10.2. The first-order valence-electron chi connectivity index (χ1n) is 7.37. The first-order chi connectivity index (χ1) is 12.2. The molecule has 126 valence electrons. The van der Waals surface area contributed by atoms with Crippen LogP contribution in [-0.4, -0.2) is 21.8 Å². The Morgan fingerprint density at radius 1 is 1.08 bits per heavy atom. The minimum absolute atomic E-state index is 0.131. The summed E-state index contributed by atoms with van der Waals surface area (Å²) in [4.78, 5) is 32.0. The van der Waals surface area contributed by atoms with Crippen molar-refractivity contribution in [3.8, 4) is 0 Å². The van der Waals surface area contributed by atoms with Crippen LogP contribution in [0.3, 0.4) is 0 Å². The predicted molar refractivity (Wildman–Crippen MR) is 101 cm³/mol. The number of anilines is 2. The Kier molecular flexibility index (Phi) is 5.65. The van der Waals surface area contributed by atoms with Crippen molar-refractivity contribution in [2.75, 3.05) is 10.6 Å². The van der Waals surface area contributed by atoms with Crippen LogP contribution < -0.4 is 10.6 Å². The molecule has 0 radical (unpaired) electrons. The zero-order valence-corrected chi connectivity index (χ0v) is 14.6. The standard InChI is InChI=1S/C17H14N4O2S2/c22-14(7-6-12-4-2-1-3-5-12)20-17-19-13(11-25-17)10-15(23)21-16-18-8-9-24-16/h1-9,11H,10H2,(H,18,21,23)(H,19,20,22)/b7-6+. The molecule has 0 aliphatic heterocycles. The Bertz CT molecular complexity index is 873. The van der Waals surface area contributed by atoms with Crippen molar-refractivity contribution in [2.24, 2.45) is 0 Å². The quantitative estimate of drug-likeness (QED) is 0.651. The normalized spacial score (nSPS) is 10.7. The van der Waals surface area contributed by atoms with Crippen LogP contribution in [0.2, 0.25) is 0 Å². The Morgan fingerprint density at radius 2 is 1.92 bits per heavy atom. The lowest BCUT2D eigenvalue weighted by Crippen LogP contribution is -2.14. The molecule has 8 heteroatoms. The van der Waals surface area contributed by atoms with Crippen LogP contribution >= 0.6 is 22.7 Å². The number of carbonyl (C=O) groups is 2. The van der Waals surface area contributed by atoms with Crippen molar-refractivity contribution in [3.05, 3.63) is 64.6 Å². The van der Waals surface area contributed by atoms with Crippen LogP contribution in [-0.2, 0) is 16.0 Å². The summed E-state index contributed by atoms with van der Waals surface area (Å²) in [7, 11) is 0. The molecule has 2 aromatic heterocycles. The molecule has 0 aliphatic rings. The smallest absolute Gasteiger partial charge is 0.250 e. The van der Waals surface area contributed by atoms with E-state index in [9.17, 15) is 9.59 Å². The molecule has 2 amide bonds. The molecule has 3 rings (SSSR count). The van der Waals surface area contributed by atoms with Crippen molar-refractivity contribution in [1.82, 2.24) is 9.97 Å². The Morgan fingerprint density at radius 3 is 2.68 bits per heavy atom. The van der Waals surface area contributed by atoms with E-state index >= 15 is 0 Å². The van der Waals surface area contributed by atoms with Crippen LogP contribution in [0.1, 0.15) is 11.3 Å². The van der Waals surface area contributed by atoms with Gasteiger partial charge in [-0.05, 0) is 11.6 Å². The molecule has 6 nitrogen and oxygen atoms in total. The van der Waals surface area contributed by atoms with E-state index in [0.29, 0.717) is 16.0 Å². The van der Waals surface area contributed by atoms with Gasteiger partial charge in [0.1, 0.15) is 0 Å². The number of carbonyl (C=O) groups excluding carboxylic acids is 2. The number of benzene rings is 1. The highest BCUT2D eigenvalue weighted by Crippen LogP contribution is 2.17. The predicted octanol–water partition coefficient (Wildman–Crippen LogP) is 3.43. The highest BCUT2D eigenvalue weighted by Gasteiger charge is 2.10. The Balaban J connectivity index is 1.52. The fraction of sp³-hybridized carbons (Fsp3) is 0.0588. The van der Waals surface area contributed by atoms with Crippen LogP contribution in [0.5, 0.6) is 0 Å². The molecule has 0 unspecified atom stereocenters. The lowest BCUT2D eigenvalue weighted by molar-refractivity contribution is -0.115. The number of nitrogens with one attached hydrogen (secondary N) is 2. The average molecular weight is 370 g/mol. The van der Waals surface area contributed by atoms with E-state index in [1.807, 2.05) is 30.3 Å². The van der Waals surface area contributed by atoms with Gasteiger partial charge in [-0.2, -0.15) is 0 Å². The summed E-state index contributed by atoms with van der Waals surface area (Å²) >= 11 is 2.63. The maximum atomic E-state index is 11.9. The van der Waals surface area contributed by atoms with Crippen LogP contribution in [0.4, 0.5) is 10.3 Å². The topological polar surface area (TPSA) is 84.0 Å². The molecule has 3 aromatic rings. The summed E-state index contributed by atoms with van der Waals surface area (Å²) in [5, 5.41) is 9.93. The first kappa shape index (κ1) is 17.0. The molecule has 0 atom stereocenters. The number of hydrogen-bond acceptors (Lipinski definition) is 6. The van der Waals surface area contributed by atoms with Gasteiger partial charge >= 0.3 is 0 Å². The molecule has 2 heterocycles. The van der Waals surface area contributed by atoms with Gasteiger partial charge in [0.15, 0.2) is 10.3 Å². The third kappa shape index (κ3) is 5.33. The number of rotatable bonds is 6. The fourth-order valence-corrected chi connectivity index (χ4v) is 3.20. The van der Waals surface area contributed by atoms with Crippen LogP contribution in [0.15, 0.2) is 53.4 Å². The third-order valence-corrected chi connectivity index (χ3v) is 4.52. The number of aromatic nitrogens is 2. The zero-order chi connectivity index (χ0) is 17.5. The third-order valence-electron chi connectivity index (χ3n) is 3.03. The largest absolute Gasteiger partial charge is 0.302 e. The van der Waals surface area contributed by atoms with E-state index < -0.39 is 0 Å². The lowest BCUT2D eigenvalue weighted by Gasteiger charge is -1.99. The van der Waals surface area contributed by atoms with E-state index in [1.165, 1.54) is 28.7 Å². The summed E-state index contributed by atoms with van der Waals surface area (Å²) in [6, 6.07) is 9.54.